The van der Waals surface area contributed by atoms with Crippen LogP contribution in [0.3, 0.4) is 0 Å². The number of hydrogen-bond acceptors (Lipinski definition) is 3. The first-order chi connectivity index (χ1) is 7.61. The van der Waals surface area contributed by atoms with Crippen molar-refractivity contribution in [2.75, 3.05) is 6.61 Å². The van der Waals surface area contributed by atoms with Crippen LogP contribution in [0.5, 0.6) is 0 Å². The third-order valence-electron chi connectivity index (χ3n) is 3.08. The van der Waals surface area contributed by atoms with E-state index in [9.17, 15) is 0 Å². The van der Waals surface area contributed by atoms with Gasteiger partial charge in [0, 0.05) is 5.56 Å². The molecule has 2 rings (SSSR count). The van der Waals surface area contributed by atoms with Crippen molar-refractivity contribution in [2.24, 2.45) is 0 Å². The molecular formula is C13H20N2O. The van der Waals surface area contributed by atoms with E-state index in [0.29, 0.717) is 18.4 Å². The normalized spacial score (nSPS) is 15.6. The molecule has 3 nitrogen and oxygen atoms in total. The number of rotatable bonds is 2. The van der Waals surface area contributed by atoms with Crippen molar-refractivity contribution >= 4 is 0 Å². The second-order valence-corrected chi connectivity index (χ2v) is 5.04. The molecule has 0 fully saturated rings. The third kappa shape index (κ3) is 1.96. The molecule has 0 unspecified atom stereocenters. The lowest BCUT2D eigenvalue weighted by Gasteiger charge is -2.23. The first-order valence-electron chi connectivity index (χ1n) is 6.07. The average Bonchev–Trinajstić information content (AvgIpc) is 2.27. The lowest BCUT2D eigenvalue weighted by molar-refractivity contribution is 0.108. The van der Waals surface area contributed by atoms with E-state index < -0.39 is 0 Å². The SMILES string of the molecule is CC(C)c1nnc(C(C)C)c2c1CCOC2. The minimum absolute atomic E-state index is 0.421. The molecule has 1 aliphatic heterocycles. The quantitative estimate of drug-likeness (QED) is 0.768. The van der Waals surface area contributed by atoms with Crippen molar-refractivity contribution in [3.8, 4) is 0 Å². The Labute approximate surface area is 97.2 Å². The Morgan fingerprint density at radius 2 is 1.50 bits per heavy atom. The summed E-state index contributed by atoms with van der Waals surface area (Å²) in [6, 6.07) is 0. The highest BCUT2D eigenvalue weighted by atomic mass is 16.5. The van der Waals surface area contributed by atoms with Crippen LogP contribution < -0.4 is 0 Å². The Balaban J connectivity index is 2.54. The van der Waals surface area contributed by atoms with Gasteiger partial charge in [-0.2, -0.15) is 10.2 Å². The zero-order valence-electron chi connectivity index (χ0n) is 10.6. The first-order valence-corrected chi connectivity index (χ1v) is 6.07. The summed E-state index contributed by atoms with van der Waals surface area (Å²) >= 11 is 0. The number of nitrogens with zero attached hydrogens (tertiary/aromatic N) is 2. The molecule has 0 N–H and O–H groups in total. The minimum atomic E-state index is 0.421. The van der Waals surface area contributed by atoms with E-state index in [1.165, 1.54) is 11.1 Å². The summed E-state index contributed by atoms with van der Waals surface area (Å²) in [6.45, 7) is 10.2. The van der Waals surface area contributed by atoms with Gasteiger partial charge in [-0.05, 0) is 23.8 Å². The van der Waals surface area contributed by atoms with Crippen LogP contribution in [0.25, 0.3) is 0 Å². The maximum absolute atomic E-state index is 5.55. The predicted molar refractivity (Wildman–Crippen MR) is 63.6 cm³/mol. The lowest BCUT2D eigenvalue weighted by Crippen LogP contribution is -2.19. The number of ether oxygens (including phenoxy) is 1. The van der Waals surface area contributed by atoms with Gasteiger partial charge in [0.1, 0.15) is 0 Å². The number of fused-ring (bicyclic) bond motifs is 1. The van der Waals surface area contributed by atoms with Crippen molar-refractivity contribution in [3.05, 3.63) is 22.5 Å². The van der Waals surface area contributed by atoms with E-state index in [2.05, 4.69) is 37.9 Å². The Morgan fingerprint density at radius 1 is 0.938 bits per heavy atom. The van der Waals surface area contributed by atoms with Gasteiger partial charge in [0.25, 0.3) is 0 Å². The van der Waals surface area contributed by atoms with E-state index in [1.807, 2.05) is 0 Å². The van der Waals surface area contributed by atoms with Crippen LogP contribution >= 0.6 is 0 Å². The Kier molecular flexibility index (Phi) is 3.24. The molecule has 0 bridgehead atoms. The lowest BCUT2D eigenvalue weighted by atomic mass is 9.92. The molecule has 16 heavy (non-hydrogen) atoms. The summed E-state index contributed by atoms with van der Waals surface area (Å²) in [7, 11) is 0. The Morgan fingerprint density at radius 3 is 2.06 bits per heavy atom. The average molecular weight is 220 g/mol. The van der Waals surface area contributed by atoms with Crippen LogP contribution in [0.1, 0.15) is 62.0 Å². The zero-order valence-corrected chi connectivity index (χ0v) is 10.6. The summed E-state index contributed by atoms with van der Waals surface area (Å²) in [5.74, 6) is 0.865. The van der Waals surface area contributed by atoms with Crippen molar-refractivity contribution in [2.45, 2.75) is 52.6 Å². The van der Waals surface area contributed by atoms with E-state index in [0.717, 1.165) is 24.4 Å². The smallest absolute Gasteiger partial charge is 0.0738 e. The van der Waals surface area contributed by atoms with E-state index >= 15 is 0 Å². The van der Waals surface area contributed by atoms with Crippen molar-refractivity contribution < 1.29 is 4.74 Å². The van der Waals surface area contributed by atoms with Crippen LogP contribution in [0, 0.1) is 0 Å². The fraction of sp³-hybridized carbons (Fsp3) is 0.692. The van der Waals surface area contributed by atoms with Gasteiger partial charge in [-0.1, -0.05) is 27.7 Å². The summed E-state index contributed by atoms with van der Waals surface area (Å²) in [5, 5.41) is 8.79. The highest BCUT2D eigenvalue weighted by Gasteiger charge is 2.22. The summed E-state index contributed by atoms with van der Waals surface area (Å²) in [6.07, 6.45) is 0.984. The molecule has 0 aromatic carbocycles. The fourth-order valence-corrected chi connectivity index (χ4v) is 2.25. The molecule has 0 radical (unpaired) electrons. The Bertz CT molecular complexity index is 349. The summed E-state index contributed by atoms with van der Waals surface area (Å²) in [5.41, 5.74) is 4.95. The molecule has 0 saturated heterocycles. The molecule has 88 valence electrons. The second-order valence-electron chi connectivity index (χ2n) is 5.04. The molecule has 0 atom stereocenters. The topological polar surface area (TPSA) is 35.0 Å². The van der Waals surface area contributed by atoms with Gasteiger partial charge in [-0.15, -0.1) is 0 Å². The van der Waals surface area contributed by atoms with Crippen molar-refractivity contribution in [1.82, 2.24) is 10.2 Å². The van der Waals surface area contributed by atoms with Gasteiger partial charge in [0.05, 0.1) is 24.6 Å². The minimum Gasteiger partial charge on any atom is -0.376 e. The van der Waals surface area contributed by atoms with Gasteiger partial charge in [-0.25, -0.2) is 0 Å². The second kappa shape index (κ2) is 4.50. The first kappa shape index (κ1) is 11.5. The van der Waals surface area contributed by atoms with Crippen LogP contribution in [0.15, 0.2) is 0 Å². The fourth-order valence-electron chi connectivity index (χ4n) is 2.25. The maximum Gasteiger partial charge on any atom is 0.0738 e. The van der Waals surface area contributed by atoms with Crippen molar-refractivity contribution in [3.63, 3.8) is 0 Å². The summed E-state index contributed by atoms with van der Waals surface area (Å²) < 4.78 is 5.55. The van der Waals surface area contributed by atoms with Crippen LogP contribution in [0.2, 0.25) is 0 Å². The van der Waals surface area contributed by atoms with Gasteiger partial charge in [0.2, 0.25) is 0 Å². The maximum atomic E-state index is 5.55. The highest BCUT2D eigenvalue weighted by molar-refractivity contribution is 5.36. The molecule has 0 aliphatic carbocycles. The van der Waals surface area contributed by atoms with Gasteiger partial charge < -0.3 is 4.74 Å². The molecule has 3 heteroatoms. The van der Waals surface area contributed by atoms with Crippen LogP contribution in [0.4, 0.5) is 0 Å². The Hall–Kier alpha value is -0.960. The third-order valence-corrected chi connectivity index (χ3v) is 3.08. The molecular weight excluding hydrogens is 200 g/mol. The molecule has 1 aromatic heterocycles. The molecule has 1 aliphatic rings. The van der Waals surface area contributed by atoms with Gasteiger partial charge in [0.15, 0.2) is 0 Å². The largest absolute Gasteiger partial charge is 0.376 e. The molecule has 0 amide bonds. The summed E-state index contributed by atoms with van der Waals surface area (Å²) in [4.78, 5) is 0. The highest BCUT2D eigenvalue weighted by Crippen LogP contribution is 2.29. The van der Waals surface area contributed by atoms with E-state index in [4.69, 9.17) is 4.74 Å². The standard InChI is InChI=1S/C13H20N2O/c1-8(2)12-10-5-6-16-7-11(10)13(9(3)4)15-14-12/h8-9H,5-7H2,1-4H3. The van der Waals surface area contributed by atoms with Crippen molar-refractivity contribution in [1.29, 1.82) is 0 Å². The van der Waals surface area contributed by atoms with Crippen LogP contribution in [-0.2, 0) is 17.8 Å². The monoisotopic (exact) mass is 220 g/mol. The number of aromatic nitrogens is 2. The van der Waals surface area contributed by atoms with E-state index in [-0.39, 0.29) is 0 Å². The molecule has 2 heterocycles. The van der Waals surface area contributed by atoms with E-state index in [1.54, 1.807) is 0 Å². The van der Waals surface area contributed by atoms with Gasteiger partial charge in [-0.3, -0.25) is 0 Å². The molecule has 0 spiro atoms. The number of hydrogen-bond donors (Lipinski definition) is 0. The van der Waals surface area contributed by atoms with Crippen LogP contribution in [-0.4, -0.2) is 16.8 Å². The predicted octanol–water partition coefficient (Wildman–Crippen LogP) is 2.80. The zero-order chi connectivity index (χ0) is 11.7. The molecule has 1 aromatic rings. The van der Waals surface area contributed by atoms with Gasteiger partial charge >= 0.3 is 0 Å². The molecule has 0 saturated carbocycles.